The van der Waals surface area contributed by atoms with Gasteiger partial charge in [0.05, 0.1) is 0 Å². The molecule has 0 aliphatic rings. The highest BCUT2D eigenvalue weighted by molar-refractivity contribution is 7.87. The minimum Gasteiger partial charge on any atom is -0.313 e. The van der Waals surface area contributed by atoms with Gasteiger partial charge in [0.1, 0.15) is 0 Å². The van der Waals surface area contributed by atoms with Crippen LogP contribution in [-0.2, 0) is 16.8 Å². The van der Waals surface area contributed by atoms with Crippen molar-refractivity contribution >= 4 is 10.2 Å². The van der Waals surface area contributed by atoms with Crippen molar-refractivity contribution in [1.29, 1.82) is 0 Å². The van der Waals surface area contributed by atoms with E-state index in [9.17, 15) is 8.42 Å². The average Bonchev–Trinajstić information content (AvgIpc) is 2.34. The summed E-state index contributed by atoms with van der Waals surface area (Å²) in [4.78, 5) is 4.01. The minimum absolute atomic E-state index is 0.431. The Labute approximate surface area is 109 Å². The number of aromatic nitrogens is 1. The normalized spacial score (nSPS) is 11.9. The van der Waals surface area contributed by atoms with Gasteiger partial charge >= 0.3 is 0 Å². The van der Waals surface area contributed by atoms with E-state index in [1.54, 1.807) is 6.20 Å². The molecule has 0 aromatic carbocycles. The van der Waals surface area contributed by atoms with Crippen LogP contribution in [0.25, 0.3) is 0 Å². The molecule has 0 aliphatic heterocycles. The fourth-order valence-electron chi connectivity index (χ4n) is 1.28. The zero-order chi connectivity index (χ0) is 13.4. The molecule has 0 fully saturated rings. The maximum absolute atomic E-state index is 11.4. The molecule has 0 aliphatic carbocycles. The highest BCUT2D eigenvalue weighted by Gasteiger charge is 2.10. The molecule has 2 N–H and O–H groups in total. The monoisotopic (exact) mass is 272 g/mol. The van der Waals surface area contributed by atoms with Crippen LogP contribution < -0.4 is 10.0 Å². The third kappa shape index (κ3) is 5.54. The Balaban J connectivity index is 2.10. The van der Waals surface area contributed by atoms with Gasteiger partial charge in [0.15, 0.2) is 0 Å². The summed E-state index contributed by atoms with van der Waals surface area (Å²) in [6, 6.07) is 3.89. The molecule has 1 rings (SSSR count). The van der Waals surface area contributed by atoms with Crippen molar-refractivity contribution in [3.63, 3.8) is 0 Å². The lowest BCUT2D eigenvalue weighted by atomic mass is 10.3. The molecule has 0 amide bonds. The van der Waals surface area contributed by atoms with Crippen LogP contribution in [0.3, 0.4) is 0 Å². The molecule has 0 saturated carbocycles. The molecule has 1 aromatic rings. The first kappa shape index (κ1) is 15.0. The van der Waals surface area contributed by atoms with Crippen LogP contribution in [0.2, 0.25) is 0 Å². The zero-order valence-corrected chi connectivity index (χ0v) is 11.6. The molecular weight excluding hydrogens is 252 g/mol. The van der Waals surface area contributed by atoms with Gasteiger partial charge in [-0.3, -0.25) is 4.98 Å². The van der Waals surface area contributed by atoms with Gasteiger partial charge in [-0.2, -0.15) is 12.7 Å². The molecule has 6 nitrogen and oxygen atoms in total. The maximum atomic E-state index is 11.4. The van der Waals surface area contributed by atoms with E-state index >= 15 is 0 Å². The van der Waals surface area contributed by atoms with Crippen LogP contribution >= 0.6 is 0 Å². The Morgan fingerprint density at radius 2 is 2.11 bits per heavy atom. The second kappa shape index (κ2) is 7.42. The summed E-state index contributed by atoms with van der Waals surface area (Å²) >= 11 is 0. The van der Waals surface area contributed by atoms with E-state index in [-0.39, 0.29) is 0 Å². The van der Waals surface area contributed by atoms with E-state index in [4.69, 9.17) is 0 Å². The van der Waals surface area contributed by atoms with Crippen molar-refractivity contribution in [2.75, 3.05) is 27.2 Å². The second-order valence-corrected chi connectivity index (χ2v) is 6.04. The van der Waals surface area contributed by atoms with E-state index in [0.29, 0.717) is 6.54 Å². The highest BCUT2D eigenvalue weighted by Crippen LogP contribution is 1.94. The van der Waals surface area contributed by atoms with Crippen molar-refractivity contribution < 1.29 is 8.42 Å². The Morgan fingerprint density at radius 1 is 1.33 bits per heavy atom. The average molecular weight is 272 g/mol. The quantitative estimate of drug-likeness (QED) is 0.651. The molecule has 0 unspecified atom stereocenters. The number of pyridine rings is 1. The van der Waals surface area contributed by atoms with Gasteiger partial charge in [-0.05, 0) is 24.6 Å². The summed E-state index contributed by atoms with van der Waals surface area (Å²) in [5.41, 5.74) is 1.12. The lowest BCUT2D eigenvalue weighted by Crippen LogP contribution is -2.36. The summed E-state index contributed by atoms with van der Waals surface area (Å²) in [6.45, 7) is 1.93. The summed E-state index contributed by atoms with van der Waals surface area (Å²) in [7, 11) is -0.286. The first-order chi connectivity index (χ1) is 8.52. The molecule has 0 spiro atoms. The van der Waals surface area contributed by atoms with E-state index in [0.717, 1.165) is 29.4 Å². The van der Waals surface area contributed by atoms with Gasteiger partial charge in [-0.25, -0.2) is 4.72 Å². The minimum atomic E-state index is -3.29. The zero-order valence-electron chi connectivity index (χ0n) is 10.8. The molecule has 1 aromatic heterocycles. The largest absolute Gasteiger partial charge is 0.313 e. The van der Waals surface area contributed by atoms with Crippen LogP contribution in [0, 0.1) is 0 Å². The van der Waals surface area contributed by atoms with Crippen LogP contribution in [-0.4, -0.2) is 44.9 Å². The predicted octanol–water partition coefficient (Wildman–Crippen LogP) is -0.0427. The van der Waals surface area contributed by atoms with Crippen LogP contribution in [0.1, 0.15) is 12.0 Å². The number of rotatable bonds is 8. The Morgan fingerprint density at radius 3 is 2.72 bits per heavy atom. The van der Waals surface area contributed by atoms with E-state index in [1.807, 2.05) is 18.3 Å². The Hall–Kier alpha value is -1.02. The topological polar surface area (TPSA) is 74.3 Å². The van der Waals surface area contributed by atoms with E-state index in [2.05, 4.69) is 15.0 Å². The first-order valence-electron chi connectivity index (χ1n) is 5.79. The lowest BCUT2D eigenvalue weighted by molar-refractivity contribution is 0.502. The molecule has 7 heteroatoms. The number of nitrogens with zero attached hydrogens (tertiary/aromatic N) is 2. The fourth-order valence-corrected chi connectivity index (χ4v) is 1.94. The fraction of sp³-hybridized carbons (Fsp3) is 0.545. The van der Waals surface area contributed by atoms with Crippen LogP contribution in [0.4, 0.5) is 0 Å². The van der Waals surface area contributed by atoms with Gasteiger partial charge in [-0.1, -0.05) is 6.07 Å². The SMILES string of the molecule is CN(C)S(=O)(=O)NCCCNCc1cccnc1. The van der Waals surface area contributed by atoms with E-state index < -0.39 is 10.2 Å². The standard InChI is InChI=1S/C11H20N4O2S/c1-15(2)18(16,17)14-8-4-7-13-10-11-5-3-6-12-9-11/h3,5-6,9,13-14H,4,7-8,10H2,1-2H3. The van der Waals surface area contributed by atoms with Gasteiger partial charge in [0.25, 0.3) is 10.2 Å². The molecule has 18 heavy (non-hydrogen) atoms. The summed E-state index contributed by atoms with van der Waals surface area (Å²) in [5, 5.41) is 3.23. The summed E-state index contributed by atoms with van der Waals surface area (Å²) in [6.07, 6.45) is 4.29. The molecule has 0 radical (unpaired) electrons. The van der Waals surface area contributed by atoms with Crippen molar-refractivity contribution in [3.05, 3.63) is 30.1 Å². The highest BCUT2D eigenvalue weighted by atomic mass is 32.2. The number of nitrogens with one attached hydrogen (secondary N) is 2. The number of hydrogen-bond donors (Lipinski definition) is 2. The van der Waals surface area contributed by atoms with Gasteiger partial charge in [0, 0.05) is 39.6 Å². The van der Waals surface area contributed by atoms with Gasteiger partial charge in [-0.15, -0.1) is 0 Å². The second-order valence-electron chi connectivity index (χ2n) is 4.07. The van der Waals surface area contributed by atoms with Crippen molar-refractivity contribution in [2.45, 2.75) is 13.0 Å². The van der Waals surface area contributed by atoms with Gasteiger partial charge in [0.2, 0.25) is 0 Å². The third-order valence-corrected chi connectivity index (χ3v) is 3.88. The molecule has 0 saturated heterocycles. The number of hydrogen-bond acceptors (Lipinski definition) is 4. The third-order valence-electron chi connectivity index (χ3n) is 2.35. The smallest absolute Gasteiger partial charge is 0.278 e. The van der Waals surface area contributed by atoms with Gasteiger partial charge < -0.3 is 5.32 Å². The lowest BCUT2D eigenvalue weighted by Gasteiger charge is -2.12. The van der Waals surface area contributed by atoms with Crippen molar-refractivity contribution in [2.24, 2.45) is 0 Å². The van der Waals surface area contributed by atoms with Crippen LogP contribution in [0.15, 0.2) is 24.5 Å². The summed E-state index contributed by atoms with van der Waals surface area (Å²) in [5.74, 6) is 0. The molecular formula is C11H20N4O2S. The Kier molecular flexibility index (Phi) is 6.20. The molecule has 1 heterocycles. The molecule has 0 atom stereocenters. The predicted molar refractivity (Wildman–Crippen MR) is 71.2 cm³/mol. The van der Waals surface area contributed by atoms with E-state index in [1.165, 1.54) is 14.1 Å². The molecule has 0 bridgehead atoms. The summed E-state index contributed by atoms with van der Waals surface area (Å²) < 4.78 is 26.4. The maximum Gasteiger partial charge on any atom is 0.278 e. The first-order valence-corrected chi connectivity index (χ1v) is 7.23. The Bertz CT molecular complexity index is 434. The van der Waals surface area contributed by atoms with Crippen molar-refractivity contribution in [3.8, 4) is 0 Å². The van der Waals surface area contributed by atoms with Crippen LogP contribution in [0.5, 0.6) is 0 Å². The van der Waals surface area contributed by atoms with Crippen molar-refractivity contribution in [1.82, 2.24) is 19.3 Å². The molecule has 102 valence electrons.